The van der Waals surface area contributed by atoms with Crippen LogP contribution in [0.5, 0.6) is 0 Å². The van der Waals surface area contributed by atoms with Crippen molar-refractivity contribution in [3.05, 3.63) is 0 Å². The van der Waals surface area contributed by atoms with Crippen molar-refractivity contribution in [2.75, 3.05) is 0 Å². The van der Waals surface area contributed by atoms with Crippen LogP contribution >= 0.6 is 25.3 Å². The molecule has 0 saturated heterocycles. The molecule has 0 aliphatic carbocycles. The molecule has 0 aliphatic heterocycles. The van der Waals surface area contributed by atoms with Crippen LogP contribution in [0.2, 0.25) is 0 Å². The molecule has 0 bridgehead atoms. The molecule has 0 fully saturated rings. The minimum absolute atomic E-state index is 0.252. The van der Waals surface area contributed by atoms with Gasteiger partial charge in [0.2, 0.25) is 0 Å². The summed E-state index contributed by atoms with van der Waals surface area (Å²) >= 11 is 7.86. The smallest absolute Gasteiger partial charge is 0.320 e. The lowest BCUT2D eigenvalue weighted by Gasteiger charge is -2.21. The molecule has 4 heteroatoms. The molecule has 0 aliphatic rings. The molecule has 2 atom stereocenters. The first kappa shape index (κ1) is 9.17. The molecule has 9 heavy (non-hydrogen) atoms. The van der Waals surface area contributed by atoms with Crippen LogP contribution in [-0.4, -0.2) is 21.1 Å². The van der Waals surface area contributed by atoms with E-state index in [-0.39, 0.29) is 5.25 Å². The zero-order valence-electron chi connectivity index (χ0n) is 5.33. The minimum Gasteiger partial charge on any atom is -0.480 e. The first-order chi connectivity index (χ1) is 3.89. The third-order valence-electron chi connectivity index (χ3n) is 1.25. The Morgan fingerprint density at radius 2 is 2.11 bits per heavy atom. The molecular formula is C5H10O2S2. The molecule has 0 radical (unpaired) electrons. The van der Waals surface area contributed by atoms with E-state index in [1.54, 1.807) is 6.92 Å². The molecule has 0 saturated carbocycles. The van der Waals surface area contributed by atoms with Crippen LogP contribution in [0.4, 0.5) is 0 Å². The van der Waals surface area contributed by atoms with Gasteiger partial charge in [-0.2, -0.15) is 25.3 Å². The van der Waals surface area contributed by atoms with Crippen LogP contribution in [0.15, 0.2) is 0 Å². The summed E-state index contributed by atoms with van der Waals surface area (Å²) < 4.78 is -1.02. The van der Waals surface area contributed by atoms with Gasteiger partial charge in [0.05, 0.1) is 0 Å². The highest BCUT2D eigenvalue weighted by molar-refractivity contribution is 7.86. The summed E-state index contributed by atoms with van der Waals surface area (Å²) in [4.78, 5) is 10.3. The molecule has 0 spiro atoms. The summed E-state index contributed by atoms with van der Waals surface area (Å²) in [7, 11) is 0. The van der Waals surface area contributed by atoms with Gasteiger partial charge in [-0.15, -0.1) is 0 Å². The average Bonchev–Trinajstić information content (AvgIpc) is 1.65. The molecule has 0 amide bonds. The molecule has 0 rings (SSSR count). The van der Waals surface area contributed by atoms with E-state index in [9.17, 15) is 4.79 Å². The standard InChI is InChI=1S/C5H10O2S2/c1-3(8)5(2,9)4(6)7/h3,8-9H,1-2H3,(H,6,7). The van der Waals surface area contributed by atoms with E-state index in [1.807, 2.05) is 0 Å². The molecule has 0 aromatic heterocycles. The summed E-state index contributed by atoms with van der Waals surface area (Å²) in [5, 5.41) is 8.23. The van der Waals surface area contributed by atoms with Gasteiger partial charge in [-0.25, -0.2) is 0 Å². The van der Waals surface area contributed by atoms with E-state index < -0.39 is 10.7 Å². The van der Waals surface area contributed by atoms with Crippen molar-refractivity contribution in [1.29, 1.82) is 0 Å². The molecule has 2 unspecified atom stereocenters. The second-order valence-electron chi connectivity index (χ2n) is 2.13. The SMILES string of the molecule is CC(S)C(C)(S)C(=O)O. The first-order valence-electron chi connectivity index (χ1n) is 2.53. The number of carboxylic acid groups (broad SMARTS) is 1. The van der Waals surface area contributed by atoms with E-state index in [1.165, 1.54) is 6.92 Å². The van der Waals surface area contributed by atoms with Crippen molar-refractivity contribution in [3.63, 3.8) is 0 Å². The Bertz CT molecular complexity index is 120. The largest absolute Gasteiger partial charge is 0.480 e. The maximum atomic E-state index is 10.3. The maximum absolute atomic E-state index is 10.3. The van der Waals surface area contributed by atoms with Crippen molar-refractivity contribution < 1.29 is 9.90 Å². The summed E-state index contributed by atoms with van der Waals surface area (Å²) in [6.07, 6.45) is 0. The predicted octanol–water partition coefficient (Wildman–Crippen LogP) is 1.08. The van der Waals surface area contributed by atoms with Crippen LogP contribution < -0.4 is 0 Å². The summed E-state index contributed by atoms with van der Waals surface area (Å²) in [5.74, 6) is -0.937. The maximum Gasteiger partial charge on any atom is 0.320 e. The Morgan fingerprint density at radius 1 is 1.78 bits per heavy atom. The highest BCUT2D eigenvalue weighted by Crippen LogP contribution is 2.22. The molecule has 0 aromatic carbocycles. The number of aliphatic carboxylic acids is 1. The fourth-order valence-corrected chi connectivity index (χ4v) is 0.289. The highest BCUT2D eigenvalue weighted by atomic mass is 32.1. The van der Waals surface area contributed by atoms with Crippen molar-refractivity contribution in [3.8, 4) is 0 Å². The van der Waals surface area contributed by atoms with Gasteiger partial charge in [-0.05, 0) is 6.92 Å². The van der Waals surface area contributed by atoms with E-state index in [4.69, 9.17) is 5.11 Å². The van der Waals surface area contributed by atoms with Gasteiger partial charge in [0.1, 0.15) is 4.75 Å². The summed E-state index contributed by atoms with van der Waals surface area (Å²) in [5.41, 5.74) is 0. The predicted molar refractivity (Wildman–Crippen MR) is 43.5 cm³/mol. The van der Waals surface area contributed by atoms with Gasteiger partial charge in [0.15, 0.2) is 0 Å². The van der Waals surface area contributed by atoms with Crippen molar-refractivity contribution in [1.82, 2.24) is 0 Å². The van der Waals surface area contributed by atoms with E-state index >= 15 is 0 Å². The molecule has 0 aromatic rings. The fourth-order valence-electron chi connectivity index (χ4n) is 0.179. The van der Waals surface area contributed by atoms with Gasteiger partial charge in [0, 0.05) is 5.25 Å². The van der Waals surface area contributed by atoms with Crippen molar-refractivity contribution in [2.24, 2.45) is 0 Å². The van der Waals surface area contributed by atoms with Crippen LogP contribution in [0.3, 0.4) is 0 Å². The minimum atomic E-state index is -1.02. The van der Waals surface area contributed by atoms with Crippen molar-refractivity contribution in [2.45, 2.75) is 23.8 Å². The van der Waals surface area contributed by atoms with Crippen LogP contribution in [-0.2, 0) is 4.79 Å². The fraction of sp³-hybridized carbons (Fsp3) is 0.800. The topological polar surface area (TPSA) is 37.3 Å². The van der Waals surface area contributed by atoms with E-state index in [0.29, 0.717) is 0 Å². The quantitative estimate of drug-likeness (QED) is 0.537. The van der Waals surface area contributed by atoms with Gasteiger partial charge >= 0.3 is 5.97 Å². The Morgan fingerprint density at radius 3 is 2.11 bits per heavy atom. The number of rotatable bonds is 2. The molecule has 1 N–H and O–H groups in total. The Balaban J connectivity index is 4.19. The number of carbonyl (C=O) groups is 1. The zero-order chi connectivity index (χ0) is 7.65. The van der Waals surface area contributed by atoms with Crippen molar-refractivity contribution >= 4 is 31.2 Å². The summed E-state index contributed by atoms with van der Waals surface area (Å²) in [6, 6.07) is 0. The molecule has 0 heterocycles. The molecule has 2 nitrogen and oxygen atoms in total. The zero-order valence-corrected chi connectivity index (χ0v) is 7.12. The normalized spacial score (nSPS) is 20.4. The highest BCUT2D eigenvalue weighted by Gasteiger charge is 2.32. The summed E-state index contributed by atoms with van der Waals surface area (Å²) in [6.45, 7) is 3.22. The third-order valence-corrected chi connectivity index (χ3v) is 2.55. The second kappa shape index (κ2) is 2.84. The number of hydrogen-bond acceptors (Lipinski definition) is 3. The Kier molecular flexibility index (Phi) is 2.89. The molecular weight excluding hydrogens is 156 g/mol. The lowest BCUT2D eigenvalue weighted by molar-refractivity contribution is -0.139. The van der Waals surface area contributed by atoms with Gasteiger partial charge in [0.25, 0.3) is 0 Å². The van der Waals surface area contributed by atoms with Gasteiger partial charge < -0.3 is 5.11 Å². The number of carboxylic acids is 1. The number of thiol groups is 2. The van der Waals surface area contributed by atoms with Gasteiger partial charge in [-0.1, -0.05) is 6.92 Å². The first-order valence-corrected chi connectivity index (χ1v) is 3.49. The second-order valence-corrected chi connectivity index (χ2v) is 3.83. The van der Waals surface area contributed by atoms with Crippen LogP contribution in [0, 0.1) is 0 Å². The monoisotopic (exact) mass is 166 g/mol. The van der Waals surface area contributed by atoms with Crippen LogP contribution in [0.25, 0.3) is 0 Å². The number of hydrogen-bond donors (Lipinski definition) is 3. The van der Waals surface area contributed by atoms with Crippen LogP contribution in [0.1, 0.15) is 13.8 Å². The van der Waals surface area contributed by atoms with E-state index in [0.717, 1.165) is 0 Å². The van der Waals surface area contributed by atoms with Gasteiger partial charge in [-0.3, -0.25) is 4.79 Å². The average molecular weight is 166 g/mol. The molecule has 54 valence electrons. The third kappa shape index (κ3) is 2.10. The lowest BCUT2D eigenvalue weighted by Crippen LogP contribution is -2.36. The van der Waals surface area contributed by atoms with E-state index in [2.05, 4.69) is 25.3 Å². The Hall–Kier alpha value is 0.170. The lowest BCUT2D eigenvalue weighted by atomic mass is 10.1. The Labute approximate surface area is 65.5 Å².